The van der Waals surface area contributed by atoms with Crippen molar-refractivity contribution in [2.45, 2.75) is 33.6 Å². The van der Waals surface area contributed by atoms with Crippen molar-refractivity contribution in [3.05, 3.63) is 40.5 Å². The molecule has 0 amide bonds. The van der Waals surface area contributed by atoms with Crippen LogP contribution in [-0.2, 0) is 6.42 Å². The lowest BCUT2D eigenvalue weighted by atomic mass is 10.0. The Morgan fingerprint density at radius 3 is 2.82 bits per heavy atom. The molecular weight excluding hydrogens is 212 g/mol. The third-order valence-corrected chi connectivity index (χ3v) is 3.12. The van der Waals surface area contributed by atoms with Gasteiger partial charge in [-0.1, -0.05) is 11.6 Å². The molecule has 1 aliphatic rings. The van der Waals surface area contributed by atoms with Crippen molar-refractivity contribution in [1.82, 2.24) is 0 Å². The Hall–Kier alpha value is -1.57. The van der Waals surface area contributed by atoms with Gasteiger partial charge >= 0.3 is 0 Å². The summed E-state index contributed by atoms with van der Waals surface area (Å²) in [6.07, 6.45) is 3.50. The third-order valence-electron chi connectivity index (χ3n) is 3.12. The maximum Gasteiger partial charge on any atom is 0.167 e. The predicted molar refractivity (Wildman–Crippen MR) is 68.8 cm³/mol. The Morgan fingerprint density at radius 1 is 1.35 bits per heavy atom. The van der Waals surface area contributed by atoms with Crippen LogP contribution in [0.2, 0.25) is 0 Å². The molecule has 0 N–H and O–H groups in total. The molecule has 1 aliphatic carbocycles. The Bertz CT molecular complexity index is 480. The number of ether oxygens (including phenoxy) is 1. The number of hydrogen-bond acceptors (Lipinski definition) is 2. The van der Waals surface area contributed by atoms with Crippen molar-refractivity contribution >= 4 is 5.78 Å². The molecule has 90 valence electrons. The number of rotatable bonds is 3. The summed E-state index contributed by atoms with van der Waals surface area (Å²) >= 11 is 0. The number of fused-ring (bicyclic) bond motifs is 1. The molecule has 0 unspecified atom stereocenters. The van der Waals surface area contributed by atoms with E-state index in [4.69, 9.17) is 4.74 Å². The molecular formula is C15H18O2. The molecule has 1 aromatic rings. The second-order valence-corrected chi connectivity index (χ2v) is 4.75. The molecule has 0 radical (unpaired) electrons. The standard InChI is InChI=1S/C15H18O2/c1-10(2)8-9-17-14-7-4-11(3)12-5-6-13(16)15(12)14/h4,7-8H,5-6,9H2,1-3H3. The molecule has 0 saturated carbocycles. The SMILES string of the molecule is CC(C)=CCOc1ccc(C)c2c1C(=O)CC2. The molecule has 0 atom stereocenters. The van der Waals surface area contributed by atoms with Crippen LogP contribution in [0, 0.1) is 6.92 Å². The van der Waals surface area contributed by atoms with Crippen LogP contribution in [0.1, 0.15) is 41.8 Å². The molecule has 0 fully saturated rings. The monoisotopic (exact) mass is 230 g/mol. The maximum atomic E-state index is 11.8. The van der Waals surface area contributed by atoms with E-state index in [1.807, 2.05) is 32.1 Å². The van der Waals surface area contributed by atoms with Crippen molar-refractivity contribution in [2.75, 3.05) is 6.61 Å². The Kier molecular flexibility index (Phi) is 3.32. The van der Waals surface area contributed by atoms with E-state index in [2.05, 4.69) is 6.92 Å². The first kappa shape index (κ1) is 11.9. The van der Waals surface area contributed by atoms with Gasteiger partial charge in [0, 0.05) is 6.42 Å². The van der Waals surface area contributed by atoms with Gasteiger partial charge in [0.1, 0.15) is 12.4 Å². The Morgan fingerprint density at radius 2 is 2.12 bits per heavy atom. The zero-order valence-corrected chi connectivity index (χ0v) is 10.7. The van der Waals surface area contributed by atoms with E-state index in [1.165, 1.54) is 16.7 Å². The number of allylic oxidation sites excluding steroid dienone is 1. The number of carbonyl (C=O) groups is 1. The van der Waals surface area contributed by atoms with Gasteiger partial charge in [0.25, 0.3) is 0 Å². The molecule has 2 nitrogen and oxygen atoms in total. The van der Waals surface area contributed by atoms with Gasteiger partial charge in [0.15, 0.2) is 5.78 Å². The Labute approximate surface area is 102 Å². The van der Waals surface area contributed by atoms with E-state index in [0.717, 1.165) is 17.7 Å². The van der Waals surface area contributed by atoms with Crippen molar-refractivity contribution in [3.63, 3.8) is 0 Å². The molecule has 0 spiro atoms. The second-order valence-electron chi connectivity index (χ2n) is 4.75. The highest BCUT2D eigenvalue weighted by Gasteiger charge is 2.25. The van der Waals surface area contributed by atoms with E-state index in [1.54, 1.807) is 0 Å². The van der Waals surface area contributed by atoms with Gasteiger partial charge in [-0.15, -0.1) is 0 Å². The number of Topliss-reactive ketones (excluding diaryl/α,β-unsaturated/α-hetero) is 1. The van der Waals surface area contributed by atoms with Crippen molar-refractivity contribution in [3.8, 4) is 5.75 Å². The third kappa shape index (κ3) is 2.41. The summed E-state index contributed by atoms with van der Waals surface area (Å²) in [5.41, 5.74) is 4.40. The molecule has 0 aliphatic heterocycles. The average Bonchev–Trinajstić information content (AvgIpc) is 2.65. The van der Waals surface area contributed by atoms with Crippen molar-refractivity contribution < 1.29 is 9.53 Å². The van der Waals surface area contributed by atoms with Gasteiger partial charge in [-0.3, -0.25) is 4.79 Å². The smallest absolute Gasteiger partial charge is 0.167 e. The van der Waals surface area contributed by atoms with Gasteiger partial charge in [-0.25, -0.2) is 0 Å². The van der Waals surface area contributed by atoms with Crippen LogP contribution < -0.4 is 4.74 Å². The molecule has 1 aromatic carbocycles. The molecule has 2 rings (SSSR count). The minimum Gasteiger partial charge on any atom is -0.489 e. The van der Waals surface area contributed by atoms with Gasteiger partial charge in [-0.2, -0.15) is 0 Å². The highest BCUT2D eigenvalue weighted by molar-refractivity contribution is 6.03. The summed E-state index contributed by atoms with van der Waals surface area (Å²) in [7, 11) is 0. The summed E-state index contributed by atoms with van der Waals surface area (Å²) in [5, 5.41) is 0. The summed E-state index contributed by atoms with van der Waals surface area (Å²) in [4.78, 5) is 11.8. The minimum atomic E-state index is 0.218. The molecule has 0 bridgehead atoms. The summed E-state index contributed by atoms with van der Waals surface area (Å²) in [6, 6.07) is 3.95. The van der Waals surface area contributed by atoms with Crippen LogP contribution in [0.15, 0.2) is 23.8 Å². The zero-order chi connectivity index (χ0) is 12.4. The lowest BCUT2D eigenvalue weighted by Crippen LogP contribution is -2.02. The summed E-state index contributed by atoms with van der Waals surface area (Å²) in [5.74, 6) is 0.960. The molecule has 0 saturated heterocycles. The van der Waals surface area contributed by atoms with Crippen LogP contribution in [-0.4, -0.2) is 12.4 Å². The quantitative estimate of drug-likeness (QED) is 0.743. The van der Waals surface area contributed by atoms with Gasteiger partial charge in [-0.05, 0) is 50.5 Å². The number of aryl methyl sites for hydroxylation is 1. The number of ketones is 1. The maximum absolute atomic E-state index is 11.8. The van der Waals surface area contributed by atoms with Crippen molar-refractivity contribution in [1.29, 1.82) is 0 Å². The number of benzene rings is 1. The highest BCUT2D eigenvalue weighted by Crippen LogP contribution is 2.32. The second kappa shape index (κ2) is 4.74. The normalized spacial score (nSPS) is 13.5. The van der Waals surface area contributed by atoms with Gasteiger partial charge in [0.2, 0.25) is 0 Å². The first-order valence-electron chi connectivity index (χ1n) is 6.01. The van der Waals surface area contributed by atoms with E-state index < -0.39 is 0 Å². The van der Waals surface area contributed by atoms with E-state index in [9.17, 15) is 4.79 Å². The molecule has 0 aromatic heterocycles. The van der Waals surface area contributed by atoms with Gasteiger partial charge in [0.05, 0.1) is 5.56 Å². The largest absolute Gasteiger partial charge is 0.489 e. The van der Waals surface area contributed by atoms with Crippen LogP contribution in [0.25, 0.3) is 0 Å². The lowest BCUT2D eigenvalue weighted by molar-refractivity contribution is 0.0991. The van der Waals surface area contributed by atoms with E-state index in [0.29, 0.717) is 13.0 Å². The predicted octanol–water partition coefficient (Wildman–Crippen LogP) is 3.47. The van der Waals surface area contributed by atoms with Crippen LogP contribution in [0.5, 0.6) is 5.75 Å². The molecule has 2 heteroatoms. The van der Waals surface area contributed by atoms with Crippen LogP contribution in [0.4, 0.5) is 0 Å². The fourth-order valence-electron chi connectivity index (χ4n) is 2.14. The highest BCUT2D eigenvalue weighted by atomic mass is 16.5. The summed E-state index contributed by atoms with van der Waals surface area (Å²) in [6.45, 7) is 6.66. The van der Waals surface area contributed by atoms with Crippen LogP contribution in [0.3, 0.4) is 0 Å². The van der Waals surface area contributed by atoms with Gasteiger partial charge < -0.3 is 4.74 Å². The van der Waals surface area contributed by atoms with Crippen LogP contribution >= 0.6 is 0 Å². The fourth-order valence-corrected chi connectivity index (χ4v) is 2.14. The van der Waals surface area contributed by atoms with E-state index >= 15 is 0 Å². The summed E-state index contributed by atoms with van der Waals surface area (Å²) < 4.78 is 5.69. The number of carbonyl (C=O) groups excluding carboxylic acids is 1. The first-order chi connectivity index (χ1) is 8.09. The van der Waals surface area contributed by atoms with Crippen molar-refractivity contribution in [2.24, 2.45) is 0 Å². The lowest BCUT2D eigenvalue weighted by Gasteiger charge is -2.10. The fraction of sp³-hybridized carbons (Fsp3) is 0.400. The topological polar surface area (TPSA) is 26.3 Å². The first-order valence-corrected chi connectivity index (χ1v) is 6.01. The zero-order valence-electron chi connectivity index (χ0n) is 10.7. The molecule has 17 heavy (non-hydrogen) atoms. The average molecular weight is 230 g/mol. The molecule has 0 heterocycles. The van der Waals surface area contributed by atoms with E-state index in [-0.39, 0.29) is 5.78 Å². The Balaban J connectivity index is 2.27. The number of hydrogen-bond donors (Lipinski definition) is 0. The minimum absolute atomic E-state index is 0.218.